The summed E-state index contributed by atoms with van der Waals surface area (Å²) in [6.07, 6.45) is 3.35. The van der Waals surface area contributed by atoms with Gasteiger partial charge < -0.3 is 15.4 Å². The summed E-state index contributed by atoms with van der Waals surface area (Å²) in [4.78, 5) is 9.93. The van der Waals surface area contributed by atoms with E-state index in [-0.39, 0.29) is 6.04 Å². The fourth-order valence-electron chi connectivity index (χ4n) is 4.57. The van der Waals surface area contributed by atoms with E-state index in [0.29, 0.717) is 41.5 Å². The number of aromatic nitrogens is 2. The summed E-state index contributed by atoms with van der Waals surface area (Å²) in [5.74, 6) is 2.08. The molecule has 0 bridgehead atoms. The number of hydrogen-bond acceptors (Lipinski definition) is 7. The van der Waals surface area contributed by atoms with Gasteiger partial charge in [-0.15, -0.1) is 0 Å². The molecule has 2 aromatic rings. The number of benzene rings is 1. The summed E-state index contributed by atoms with van der Waals surface area (Å²) < 4.78 is 34.5. The number of rotatable bonds is 5. The Labute approximate surface area is 184 Å². The van der Waals surface area contributed by atoms with Gasteiger partial charge in [0.25, 0.3) is 0 Å². The third-order valence-electron chi connectivity index (χ3n) is 6.22. The molecule has 2 N–H and O–H groups in total. The van der Waals surface area contributed by atoms with E-state index in [0.717, 1.165) is 48.4 Å². The zero-order chi connectivity index (χ0) is 22.2. The molecule has 168 valence electrons. The summed E-state index contributed by atoms with van der Waals surface area (Å²) in [6, 6.07) is 3.13. The van der Waals surface area contributed by atoms with Crippen molar-refractivity contribution in [2.75, 3.05) is 32.6 Å². The first-order chi connectivity index (χ1) is 14.9. The molecule has 0 aliphatic carbocycles. The molecular weight excluding hydrogens is 414 g/mol. The van der Waals surface area contributed by atoms with Crippen LogP contribution < -0.4 is 15.4 Å². The van der Waals surface area contributed by atoms with Crippen molar-refractivity contribution >= 4 is 15.8 Å². The van der Waals surface area contributed by atoms with Crippen molar-refractivity contribution in [1.29, 1.82) is 0 Å². The van der Waals surface area contributed by atoms with Gasteiger partial charge in [-0.1, -0.05) is 6.42 Å². The van der Waals surface area contributed by atoms with Gasteiger partial charge in [0.2, 0.25) is 10.0 Å². The Bertz CT molecular complexity index is 1070. The molecule has 1 aromatic carbocycles. The van der Waals surface area contributed by atoms with E-state index in [2.05, 4.69) is 10.6 Å². The molecule has 8 nitrogen and oxygen atoms in total. The molecule has 0 unspecified atom stereocenters. The third-order valence-corrected chi connectivity index (χ3v) is 8.27. The lowest BCUT2D eigenvalue weighted by Gasteiger charge is -2.35. The molecule has 1 aromatic heterocycles. The predicted molar refractivity (Wildman–Crippen MR) is 120 cm³/mol. The standard InChI is InChI=1S/C22H31N5O3S/c1-14-12-20(15(2)11-19(14)30-4)31(28,29)27-10-6-5-7-18(27)22-25-17-13-24-9-8-16(17)21(23-3)26-22/h11-12,18,24H,5-10,13H2,1-4H3,(H,23,25,26)/t18-/m1/s1. The third kappa shape index (κ3) is 4.02. The summed E-state index contributed by atoms with van der Waals surface area (Å²) in [5, 5.41) is 6.54. The molecular formula is C22H31N5O3S. The number of hydrogen-bond donors (Lipinski definition) is 2. The average molecular weight is 446 g/mol. The number of sulfonamides is 1. The molecule has 9 heteroatoms. The van der Waals surface area contributed by atoms with Gasteiger partial charge in [0.1, 0.15) is 17.4 Å². The molecule has 1 atom stereocenters. The maximum absolute atomic E-state index is 13.8. The molecule has 2 aliphatic rings. The molecule has 0 amide bonds. The maximum atomic E-state index is 13.8. The summed E-state index contributed by atoms with van der Waals surface area (Å²) >= 11 is 0. The number of ether oxygens (including phenoxy) is 1. The summed E-state index contributed by atoms with van der Waals surface area (Å²) in [7, 11) is -0.267. The zero-order valence-corrected chi connectivity index (χ0v) is 19.5. The van der Waals surface area contributed by atoms with Crippen LogP contribution >= 0.6 is 0 Å². The number of aryl methyl sites for hydroxylation is 2. The van der Waals surface area contributed by atoms with Crippen molar-refractivity contribution < 1.29 is 13.2 Å². The largest absolute Gasteiger partial charge is 0.496 e. The highest BCUT2D eigenvalue weighted by atomic mass is 32.2. The molecule has 2 aliphatic heterocycles. The monoisotopic (exact) mass is 445 g/mol. The van der Waals surface area contributed by atoms with E-state index in [1.165, 1.54) is 0 Å². The number of nitrogens with zero attached hydrogens (tertiary/aromatic N) is 3. The summed E-state index contributed by atoms with van der Waals surface area (Å²) in [6.45, 7) is 5.71. The zero-order valence-electron chi connectivity index (χ0n) is 18.7. The lowest BCUT2D eigenvalue weighted by atomic mass is 10.0. The Morgan fingerprint density at radius 1 is 1.19 bits per heavy atom. The Morgan fingerprint density at radius 3 is 2.74 bits per heavy atom. The molecule has 1 saturated heterocycles. The first-order valence-electron chi connectivity index (χ1n) is 10.8. The van der Waals surface area contributed by atoms with E-state index in [1.54, 1.807) is 23.5 Å². The highest BCUT2D eigenvalue weighted by Gasteiger charge is 2.37. The number of methoxy groups -OCH3 is 1. The number of anilines is 1. The van der Waals surface area contributed by atoms with Gasteiger partial charge in [0.05, 0.1) is 23.7 Å². The van der Waals surface area contributed by atoms with Crippen LogP contribution in [0.2, 0.25) is 0 Å². The van der Waals surface area contributed by atoms with Crippen LogP contribution in [-0.4, -0.2) is 49.9 Å². The van der Waals surface area contributed by atoms with E-state index < -0.39 is 10.0 Å². The minimum atomic E-state index is -3.72. The van der Waals surface area contributed by atoms with Crippen LogP contribution in [0.25, 0.3) is 0 Å². The van der Waals surface area contributed by atoms with E-state index in [9.17, 15) is 8.42 Å². The Hall–Kier alpha value is -2.23. The lowest BCUT2D eigenvalue weighted by molar-refractivity contribution is 0.246. The normalized spacial score (nSPS) is 19.7. The molecule has 3 heterocycles. The number of piperidine rings is 1. The van der Waals surface area contributed by atoms with Crippen LogP contribution in [0, 0.1) is 13.8 Å². The van der Waals surface area contributed by atoms with Gasteiger partial charge >= 0.3 is 0 Å². The Kier molecular flexibility index (Phi) is 6.18. The van der Waals surface area contributed by atoms with Crippen molar-refractivity contribution in [2.24, 2.45) is 0 Å². The SMILES string of the molecule is CNc1nc([C@H]2CCCCN2S(=O)(=O)c2cc(C)c(OC)cc2C)nc2c1CCNC2. The fourth-order valence-corrected chi connectivity index (χ4v) is 6.52. The van der Waals surface area contributed by atoms with Gasteiger partial charge in [-0.25, -0.2) is 18.4 Å². The molecule has 31 heavy (non-hydrogen) atoms. The lowest BCUT2D eigenvalue weighted by Crippen LogP contribution is -2.40. The van der Waals surface area contributed by atoms with Gasteiger partial charge in [0.15, 0.2) is 0 Å². The van der Waals surface area contributed by atoms with Crippen LogP contribution in [0.15, 0.2) is 17.0 Å². The second-order valence-electron chi connectivity index (χ2n) is 8.25. The topological polar surface area (TPSA) is 96.5 Å². The van der Waals surface area contributed by atoms with Crippen molar-refractivity contribution in [3.05, 3.63) is 40.3 Å². The van der Waals surface area contributed by atoms with Gasteiger partial charge in [0, 0.05) is 25.7 Å². The second-order valence-corrected chi connectivity index (χ2v) is 10.1. The number of fused-ring (bicyclic) bond motifs is 1. The fraction of sp³-hybridized carbons (Fsp3) is 0.545. The summed E-state index contributed by atoms with van der Waals surface area (Å²) in [5.41, 5.74) is 3.56. The van der Waals surface area contributed by atoms with Crippen LogP contribution in [0.4, 0.5) is 5.82 Å². The van der Waals surface area contributed by atoms with Crippen LogP contribution in [-0.2, 0) is 23.0 Å². The maximum Gasteiger partial charge on any atom is 0.244 e. The molecule has 0 saturated carbocycles. The first-order valence-corrected chi connectivity index (χ1v) is 12.3. The smallest absolute Gasteiger partial charge is 0.244 e. The second kappa shape index (κ2) is 8.72. The molecule has 4 rings (SSSR count). The molecule has 0 spiro atoms. The van der Waals surface area contributed by atoms with Crippen LogP contribution in [0.1, 0.15) is 53.5 Å². The van der Waals surface area contributed by atoms with Crippen LogP contribution in [0.3, 0.4) is 0 Å². The number of nitrogens with one attached hydrogen (secondary N) is 2. The minimum Gasteiger partial charge on any atom is -0.496 e. The van der Waals surface area contributed by atoms with Crippen molar-refractivity contribution in [3.63, 3.8) is 0 Å². The Balaban J connectivity index is 1.77. The molecule has 0 radical (unpaired) electrons. The van der Waals surface area contributed by atoms with Crippen LogP contribution in [0.5, 0.6) is 5.75 Å². The highest BCUT2D eigenvalue weighted by Crippen LogP contribution is 2.37. The highest BCUT2D eigenvalue weighted by molar-refractivity contribution is 7.89. The van der Waals surface area contributed by atoms with Gasteiger partial charge in [-0.2, -0.15) is 4.31 Å². The van der Waals surface area contributed by atoms with Crippen molar-refractivity contribution in [1.82, 2.24) is 19.6 Å². The van der Waals surface area contributed by atoms with E-state index in [4.69, 9.17) is 14.7 Å². The van der Waals surface area contributed by atoms with Gasteiger partial charge in [-0.05, 0) is 62.9 Å². The van der Waals surface area contributed by atoms with E-state index >= 15 is 0 Å². The van der Waals surface area contributed by atoms with E-state index in [1.807, 2.05) is 20.9 Å². The van der Waals surface area contributed by atoms with Crippen molar-refractivity contribution in [3.8, 4) is 5.75 Å². The average Bonchev–Trinajstić information content (AvgIpc) is 2.79. The van der Waals surface area contributed by atoms with Gasteiger partial charge in [-0.3, -0.25) is 0 Å². The minimum absolute atomic E-state index is 0.325. The van der Waals surface area contributed by atoms with Crippen molar-refractivity contribution in [2.45, 2.75) is 57.0 Å². The first kappa shape index (κ1) is 22.0. The molecule has 1 fully saturated rings. The quantitative estimate of drug-likeness (QED) is 0.730. The Morgan fingerprint density at radius 2 is 2.00 bits per heavy atom. The predicted octanol–water partition coefficient (Wildman–Crippen LogP) is 2.71.